The molecule has 2 N–H and O–H groups in total. The maximum absolute atomic E-state index is 9.79. The van der Waals surface area contributed by atoms with Crippen molar-refractivity contribution in [2.24, 2.45) is 5.41 Å². The van der Waals surface area contributed by atoms with E-state index in [0.717, 1.165) is 5.69 Å². The number of phenols is 1. The molecule has 0 heterocycles. The molecule has 1 unspecified atom stereocenters. The molecule has 0 spiro atoms. The number of hydrogen-bond donors (Lipinski definition) is 2. The van der Waals surface area contributed by atoms with Crippen LogP contribution in [0.4, 0.5) is 5.69 Å². The molecule has 1 aromatic carbocycles. The van der Waals surface area contributed by atoms with Crippen molar-refractivity contribution >= 4 is 5.69 Å². The molecule has 0 radical (unpaired) electrons. The third-order valence-electron chi connectivity index (χ3n) is 4.13. The van der Waals surface area contributed by atoms with E-state index in [-0.39, 0.29) is 5.75 Å². The van der Waals surface area contributed by atoms with Gasteiger partial charge in [0.05, 0.1) is 7.11 Å². The van der Waals surface area contributed by atoms with E-state index in [4.69, 9.17) is 4.74 Å². The molecular weight excluding hydrogens is 238 g/mol. The molecule has 1 aromatic rings. The summed E-state index contributed by atoms with van der Waals surface area (Å²) in [5.74, 6) is 0.717. The Morgan fingerprint density at radius 1 is 1.26 bits per heavy atom. The number of rotatable bonds is 3. The quantitative estimate of drug-likeness (QED) is 0.804. The van der Waals surface area contributed by atoms with Crippen LogP contribution in [0.25, 0.3) is 0 Å². The second kappa shape index (κ2) is 5.72. The molecule has 19 heavy (non-hydrogen) atoms. The summed E-state index contributed by atoms with van der Waals surface area (Å²) in [4.78, 5) is 0. The molecule has 0 saturated heterocycles. The number of aromatic hydroxyl groups is 1. The van der Waals surface area contributed by atoms with Crippen LogP contribution in [0.1, 0.15) is 46.0 Å². The third kappa shape index (κ3) is 3.79. The summed E-state index contributed by atoms with van der Waals surface area (Å²) in [6.07, 6.45) is 6.23. The highest BCUT2D eigenvalue weighted by molar-refractivity contribution is 5.54. The van der Waals surface area contributed by atoms with Crippen molar-refractivity contribution in [3.8, 4) is 11.5 Å². The topological polar surface area (TPSA) is 41.5 Å². The highest BCUT2D eigenvalue weighted by atomic mass is 16.5. The predicted molar refractivity (Wildman–Crippen MR) is 78.9 cm³/mol. The van der Waals surface area contributed by atoms with Gasteiger partial charge in [0.2, 0.25) is 0 Å². The van der Waals surface area contributed by atoms with E-state index in [2.05, 4.69) is 19.2 Å². The van der Waals surface area contributed by atoms with Crippen LogP contribution in [0, 0.1) is 5.41 Å². The van der Waals surface area contributed by atoms with Gasteiger partial charge in [0.1, 0.15) is 0 Å². The van der Waals surface area contributed by atoms with Gasteiger partial charge in [-0.05, 0) is 43.2 Å². The second-order valence-corrected chi connectivity index (χ2v) is 6.32. The highest BCUT2D eigenvalue weighted by Crippen LogP contribution is 2.35. The van der Waals surface area contributed by atoms with Gasteiger partial charge in [-0.2, -0.15) is 0 Å². The van der Waals surface area contributed by atoms with Gasteiger partial charge in [-0.15, -0.1) is 0 Å². The molecule has 0 bridgehead atoms. The van der Waals surface area contributed by atoms with Gasteiger partial charge in [0.15, 0.2) is 11.5 Å². The second-order valence-electron chi connectivity index (χ2n) is 6.32. The summed E-state index contributed by atoms with van der Waals surface area (Å²) in [7, 11) is 1.57. The van der Waals surface area contributed by atoms with Crippen molar-refractivity contribution in [1.82, 2.24) is 0 Å². The van der Waals surface area contributed by atoms with E-state index in [1.807, 2.05) is 6.07 Å². The lowest BCUT2D eigenvalue weighted by molar-refractivity contribution is 0.313. The van der Waals surface area contributed by atoms with E-state index >= 15 is 0 Å². The number of anilines is 1. The van der Waals surface area contributed by atoms with Crippen molar-refractivity contribution in [2.45, 2.75) is 52.0 Å². The zero-order chi connectivity index (χ0) is 13.9. The summed E-state index contributed by atoms with van der Waals surface area (Å²) < 4.78 is 5.06. The van der Waals surface area contributed by atoms with Gasteiger partial charge >= 0.3 is 0 Å². The van der Waals surface area contributed by atoms with Gasteiger partial charge < -0.3 is 15.2 Å². The fourth-order valence-electron chi connectivity index (χ4n) is 2.82. The lowest BCUT2D eigenvalue weighted by atomic mass is 9.85. The third-order valence-corrected chi connectivity index (χ3v) is 4.13. The molecule has 3 nitrogen and oxygen atoms in total. The van der Waals surface area contributed by atoms with Crippen LogP contribution < -0.4 is 10.1 Å². The number of methoxy groups -OCH3 is 1. The fraction of sp³-hybridized carbons (Fsp3) is 0.625. The normalized spacial score (nSPS) is 22.6. The zero-order valence-electron chi connectivity index (χ0n) is 12.2. The molecule has 0 aliphatic heterocycles. The van der Waals surface area contributed by atoms with Crippen molar-refractivity contribution in [1.29, 1.82) is 0 Å². The summed E-state index contributed by atoms with van der Waals surface area (Å²) in [6.45, 7) is 4.71. The van der Waals surface area contributed by atoms with Crippen molar-refractivity contribution in [3.05, 3.63) is 18.2 Å². The number of hydrogen-bond acceptors (Lipinski definition) is 3. The monoisotopic (exact) mass is 263 g/mol. The number of nitrogens with one attached hydrogen (secondary N) is 1. The Morgan fingerprint density at radius 3 is 2.74 bits per heavy atom. The van der Waals surface area contributed by atoms with Crippen LogP contribution in [-0.2, 0) is 0 Å². The Kier molecular flexibility index (Phi) is 4.23. The first-order chi connectivity index (χ1) is 9.00. The Balaban J connectivity index is 1.99. The molecule has 0 aromatic heterocycles. The van der Waals surface area contributed by atoms with Gasteiger partial charge in [-0.1, -0.05) is 20.3 Å². The lowest BCUT2D eigenvalue weighted by Crippen LogP contribution is -2.19. The summed E-state index contributed by atoms with van der Waals surface area (Å²) >= 11 is 0. The molecule has 2 rings (SSSR count). The molecule has 3 heteroatoms. The smallest absolute Gasteiger partial charge is 0.160 e. The van der Waals surface area contributed by atoms with Gasteiger partial charge in [-0.25, -0.2) is 0 Å². The molecule has 1 aliphatic carbocycles. The van der Waals surface area contributed by atoms with Crippen LogP contribution in [0.2, 0.25) is 0 Å². The lowest BCUT2D eigenvalue weighted by Gasteiger charge is -2.22. The summed E-state index contributed by atoms with van der Waals surface area (Å²) in [6, 6.07) is 6.02. The van der Waals surface area contributed by atoms with Crippen LogP contribution in [0.5, 0.6) is 11.5 Å². The Labute approximate surface area is 116 Å². The minimum atomic E-state index is 0.196. The molecule has 1 saturated carbocycles. The Bertz CT molecular complexity index is 429. The van der Waals surface area contributed by atoms with Gasteiger partial charge in [-0.3, -0.25) is 0 Å². The maximum Gasteiger partial charge on any atom is 0.160 e. The van der Waals surface area contributed by atoms with Crippen molar-refractivity contribution in [2.75, 3.05) is 12.4 Å². The molecule has 1 aliphatic rings. The SMILES string of the molecule is COc1ccc(NC2CCCC(C)(C)CC2)cc1O. The molecule has 0 amide bonds. The van der Waals surface area contributed by atoms with E-state index in [0.29, 0.717) is 17.2 Å². The fourth-order valence-corrected chi connectivity index (χ4v) is 2.82. The molecule has 1 atom stereocenters. The average molecular weight is 263 g/mol. The van der Waals surface area contributed by atoms with Gasteiger partial charge in [0, 0.05) is 17.8 Å². The first-order valence-electron chi connectivity index (χ1n) is 7.14. The first kappa shape index (κ1) is 14.0. The molecule has 1 fully saturated rings. The zero-order valence-corrected chi connectivity index (χ0v) is 12.2. The van der Waals surface area contributed by atoms with Crippen LogP contribution in [0.15, 0.2) is 18.2 Å². The summed E-state index contributed by atoms with van der Waals surface area (Å²) in [5, 5.41) is 13.3. The van der Waals surface area contributed by atoms with Crippen LogP contribution in [-0.4, -0.2) is 18.3 Å². The minimum absolute atomic E-state index is 0.196. The predicted octanol–water partition coefficient (Wildman–Crippen LogP) is 4.17. The van der Waals surface area contributed by atoms with E-state index in [1.165, 1.54) is 32.1 Å². The van der Waals surface area contributed by atoms with Crippen LogP contribution in [0.3, 0.4) is 0 Å². The number of ether oxygens (including phenoxy) is 1. The molecular formula is C16H25NO2. The van der Waals surface area contributed by atoms with Crippen molar-refractivity contribution in [3.63, 3.8) is 0 Å². The van der Waals surface area contributed by atoms with E-state index in [9.17, 15) is 5.11 Å². The van der Waals surface area contributed by atoms with Crippen LogP contribution >= 0.6 is 0 Å². The highest BCUT2D eigenvalue weighted by Gasteiger charge is 2.24. The molecule has 106 valence electrons. The Morgan fingerprint density at radius 2 is 2.05 bits per heavy atom. The standard InChI is InChI=1S/C16H25NO2/c1-16(2)9-4-5-12(8-10-16)17-13-6-7-15(19-3)14(18)11-13/h6-7,11-12,17-18H,4-5,8-10H2,1-3H3. The number of benzene rings is 1. The largest absolute Gasteiger partial charge is 0.504 e. The average Bonchev–Trinajstić information content (AvgIpc) is 2.51. The van der Waals surface area contributed by atoms with E-state index < -0.39 is 0 Å². The minimum Gasteiger partial charge on any atom is -0.504 e. The first-order valence-corrected chi connectivity index (χ1v) is 7.14. The summed E-state index contributed by atoms with van der Waals surface area (Å²) in [5.41, 5.74) is 1.45. The number of phenolic OH excluding ortho intramolecular Hbond substituents is 1. The van der Waals surface area contributed by atoms with Gasteiger partial charge in [0.25, 0.3) is 0 Å². The maximum atomic E-state index is 9.79. The van der Waals surface area contributed by atoms with Crippen molar-refractivity contribution < 1.29 is 9.84 Å². The Hall–Kier alpha value is -1.38. The van der Waals surface area contributed by atoms with E-state index in [1.54, 1.807) is 19.2 Å².